The first kappa shape index (κ1) is 20.9. The summed E-state index contributed by atoms with van der Waals surface area (Å²) in [6, 6.07) is 0.289. The molecule has 2 saturated heterocycles. The monoisotopic (exact) mass is 402 g/mol. The average molecular weight is 403 g/mol. The molecule has 29 heavy (non-hydrogen) atoms. The molecule has 1 aromatic rings. The van der Waals surface area contributed by atoms with Gasteiger partial charge in [-0.3, -0.25) is 9.89 Å². The fraction of sp³-hybridized carbons (Fsp3) is 0.826. The molecule has 3 aliphatic rings. The molecule has 2 aliphatic heterocycles. The van der Waals surface area contributed by atoms with E-state index in [1.165, 1.54) is 17.7 Å². The standard InChI is InChI=1S/C23H38N4O2/c1-23(2,3)16-7-8-20-19(14-16)21(25-24-20)22(28)27(15-18-6-5-13-29-18)17-9-11-26(4)12-10-17/h16-18H,5-15H2,1-4H3,(H,24,25)/t16-,18+/m1/s1. The number of aryl methyl sites for hydroxylation is 1. The zero-order valence-electron chi connectivity index (χ0n) is 18.7. The number of nitrogens with one attached hydrogen (secondary N) is 1. The molecule has 162 valence electrons. The Balaban J connectivity index is 1.57. The van der Waals surface area contributed by atoms with Crippen molar-refractivity contribution in [3.63, 3.8) is 0 Å². The number of aromatic amines is 1. The van der Waals surface area contributed by atoms with Crippen LogP contribution in [0.25, 0.3) is 0 Å². The van der Waals surface area contributed by atoms with E-state index in [1.807, 2.05) is 0 Å². The molecule has 1 N–H and O–H groups in total. The summed E-state index contributed by atoms with van der Waals surface area (Å²) in [5.74, 6) is 0.705. The summed E-state index contributed by atoms with van der Waals surface area (Å²) in [6.45, 7) is 10.6. The zero-order valence-corrected chi connectivity index (χ0v) is 18.7. The Morgan fingerprint density at radius 1 is 1.24 bits per heavy atom. The van der Waals surface area contributed by atoms with E-state index in [0.29, 0.717) is 18.2 Å². The van der Waals surface area contributed by atoms with Crippen molar-refractivity contribution in [2.45, 2.75) is 77.9 Å². The van der Waals surface area contributed by atoms with E-state index in [-0.39, 0.29) is 23.5 Å². The van der Waals surface area contributed by atoms with Crippen molar-refractivity contribution in [2.75, 3.05) is 33.3 Å². The third-order valence-corrected chi connectivity index (χ3v) is 7.39. The molecule has 0 aromatic carbocycles. The van der Waals surface area contributed by atoms with Gasteiger partial charge in [0.15, 0.2) is 5.69 Å². The highest BCUT2D eigenvalue weighted by atomic mass is 16.5. The minimum Gasteiger partial charge on any atom is -0.376 e. The van der Waals surface area contributed by atoms with Gasteiger partial charge in [0.1, 0.15) is 0 Å². The maximum atomic E-state index is 13.8. The third kappa shape index (κ3) is 4.53. The van der Waals surface area contributed by atoms with Gasteiger partial charge in [0, 0.05) is 30.5 Å². The molecular formula is C23H38N4O2. The van der Waals surface area contributed by atoms with E-state index in [0.717, 1.165) is 58.2 Å². The normalized spacial score (nSPS) is 26.5. The van der Waals surface area contributed by atoms with Crippen molar-refractivity contribution in [3.8, 4) is 0 Å². The Morgan fingerprint density at radius 2 is 2.00 bits per heavy atom. The van der Waals surface area contributed by atoms with Crippen LogP contribution in [0.3, 0.4) is 0 Å². The maximum absolute atomic E-state index is 13.8. The van der Waals surface area contributed by atoms with Gasteiger partial charge < -0.3 is 14.5 Å². The number of nitrogens with zero attached hydrogens (tertiary/aromatic N) is 3. The van der Waals surface area contributed by atoms with Crippen LogP contribution in [-0.4, -0.2) is 71.3 Å². The first-order valence-corrected chi connectivity index (χ1v) is 11.5. The van der Waals surface area contributed by atoms with Crippen LogP contribution in [0.4, 0.5) is 0 Å². The highest BCUT2D eigenvalue weighted by Crippen LogP contribution is 2.38. The average Bonchev–Trinajstić information content (AvgIpc) is 3.35. The molecule has 0 saturated carbocycles. The summed E-state index contributed by atoms with van der Waals surface area (Å²) in [5.41, 5.74) is 3.27. The van der Waals surface area contributed by atoms with E-state index in [2.05, 4.69) is 47.8 Å². The number of amides is 1. The first-order chi connectivity index (χ1) is 13.8. The summed E-state index contributed by atoms with van der Waals surface area (Å²) in [6.07, 6.45) is 7.52. The SMILES string of the molecule is CN1CCC(N(C[C@@H]2CCCO2)C(=O)c2n[nH]c3c2C[C@H](C(C)(C)C)CC3)CC1. The Labute approximate surface area is 175 Å². The molecule has 1 aliphatic carbocycles. The Morgan fingerprint density at radius 3 is 2.66 bits per heavy atom. The first-order valence-electron chi connectivity index (χ1n) is 11.5. The second kappa shape index (κ2) is 8.38. The van der Waals surface area contributed by atoms with E-state index in [9.17, 15) is 4.79 Å². The molecule has 2 atom stereocenters. The van der Waals surface area contributed by atoms with Crippen molar-refractivity contribution in [1.29, 1.82) is 0 Å². The predicted molar refractivity (Wildman–Crippen MR) is 114 cm³/mol. The van der Waals surface area contributed by atoms with Crippen molar-refractivity contribution in [1.82, 2.24) is 20.0 Å². The molecule has 1 aromatic heterocycles. The quantitative estimate of drug-likeness (QED) is 0.840. The van der Waals surface area contributed by atoms with Gasteiger partial charge in [0.2, 0.25) is 0 Å². The number of rotatable bonds is 4. The molecule has 0 spiro atoms. The van der Waals surface area contributed by atoms with Crippen LogP contribution in [0.15, 0.2) is 0 Å². The number of aromatic nitrogens is 2. The molecule has 2 fully saturated rings. The Hall–Kier alpha value is -1.40. The zero-order chi connectivity index (χ0) is 20.6. The Bertz CT molecular complexity index is 709. The summed E-state index contributed by atoms with van der Waals surface area (Å²) in [5, 5.41) is 7.75. The largest absolute Gasteiger partial charge is 0.376 e. The predicted octanol–water partition coefficient (Wildman–Crippen LogP) is 3.28. The Kier molecular flexibility index (Phi) is 6.03. The molecular weight excluding hydrogens is 364 g/mol. The summed E-state index contributed by atoms with van der Waals surface area (Å²) >= 11 is 0. The topological polar surface area (TPSA) is 61.5 Å². The number of fused-ring (bicyclic) bond motifs is 1. The van der Waals surface area contributed by atoms with E-state index >= 15 is 0 Å². The van der Waals surface area contributed by atoms with Gasteiger partial charge in [-0.25, -0.2) is 0 Å². The fourth-order valence-electron chi connectivity index (χ4n) is 5.26. The molecule has 1 amide bonds. The van der Waals surface area contributed by atoms with Crippen LogP contribution in [0.1, 0.15) is 74.6 Å². The lowest BCUT2D eigenvalue weighted by atomic mass is 9.71. The smallest absolute Gasteiger partial charge is 0.274 e. The highest BCUT2D eigenvalue weighted by molar-refractivity contribution is 5.94. The molecule has 0 radical (unpaired) electrons. The number of hydrogen-bond donors (Lipinski definition) is 1. The van der Waals surface area contributed by atoms with Gasteiger partial charge in [-0.15, -0.1) is 0 Å². The number of carbonyl (C=O) groups is 1. The van der Waals surface area contributed by atoms with Crippen LogP contribution in [0, 0.1) is 11.3 Å². The van der Waals surface area contributed by atoms with Crippen molar-refractivity contribution >= 4 is 5.91 Å². The molecule has 3 heterocycles. The maximum Gasteiger partial charge on any atom is 0.274 e. The second-order valence-corrected chi connectivity index (χ2v) is 10.5. The van der Waals surface area contributed by atoms with Crippen LogP contribution in [-0.2, 0) is 17.6 Å². The van der Waals surface area contributed by atoms with Crippen LogP contribution in [0.5, 0.6) is 0 Å². The molecule has 4 rings (SSSR count). The van der Waals surface area contributed by atoms with Crippen LogP contribution >= 0.6 is 0 Å². The minimum atomic E-state index is 0.113. The van der Waals surface area contributed by atoms with Crippen molar-refractivity contribution in [2.24, 2.45) is 11.3 Å². The number of carbonyl (C=O) groups excluding carboxylic acids is 1. The van der Waals surface area contributed by atoms with E-state index in [1.54, 1.807) is 0 Å². The summed E-state index contributed by atoms with van der Waals surface area (Å²) in [4.78, 5) is 18.2. The molecule has 0 bridgehead atoms. The van der Waals surface area contributed by atoms with E-state index in [4.69, 9.17) is 4.74 Å². The van der Waals surface area contributed by atoms with Crippen molar-refractivity contribution < 1.29 is 9.53 Å². The summed E-state index contributed by atoms with van der Waals surface area (Å²) < 4.78 is 5.90. The number of ether oxygens (including phenoxy) is 1. The van der Waals surface area contributed by atoms with E-state index < -0.39 is 0 Å². The molecule has 0 unspecified atom stereocenters. The molecule has 6 heteroatoms. The lowest BCUT2D eigenvalue weighted by molar-refractivity contribution is 0.0314. The third-order valence-electron chi connectivity index (χ3n) is 7.39. The van der Waals surface area contributed by atoms with Gasteiger partial charge in [-0.2, -0.15) is 5.10 Å². The van der Waals surface area contributed by atoms with Gasteiger partial charge in [0.05, 0.1) is 6.10 Å². The number of H-pyrrole nitrogens is 1. The van der Waals surface area contributed by atoms with Crippen LogP contribution < -0.4 is 0 Å². The van der Waals surface area contributed by atoms with Gasteiger partial charge in [0.25, 0.3) is 5.91 Å². The second-order valence-electron chi connectivity index (χ2n) is 10.5. The summed E-state index contributed by atoms with van der Waals surface area (Å²) in [7, 11) is 2.17. The fourth-order valence-corrected chi connectivity index (χ4v) is 5.26. The molecule has 6 nitrogen and oxygen atoms in total. The van der Waals surface area contributed by atoms with Gasteiger partial charge in [-0.05, 0) is 76.4 Å². The number of likely N-dealkylation sites (tertiary alicyclic amines) is 1. The van der Waals surface area contributed by atoms with Crippen LogP contribution in [0.2, 0.25) is 0 Å². The lowest BCUT2D eigenvalue weighted by Gasteiger charge is -2.38. The highest BCUT2D eigenvalue weighted by Gasteiger charge is 2.36. The van der Waals surface area contributed by atoms with Crippen molar-refractivity contribution in [3.05, 3.63) is 17.0 Å². The number of hydrogen-bond acceptors (Lipinski definition) is 4. The number of piperidine rings is 1. The van der Waals surface area contributed by atoms with Gasteiger partial charge in [-0.1, -0.05) is 20.8 Å². The van der Waals surface area contributed by atoms with Gasteiger partial charge >= 0.3 is 0 Å². The lowest BCUT2D eigenvalue weighted by Crippen LogP contribution is -2.49. The minimum absolute atomic E-state index is 0.113.